The van der Waals surface area contributed by atoms with E-state index in [2.05, 4.69) is 41.8 Å². The van der Waals surface area contributed by atoms with E-state index in [1.165, 1.54) is 28.6 Å². The van der Waals surface area contributed by atoms with Gasteiger partial charge >= 0.3 is 0 Å². The van der Waals surface area contributed by atoms with Gasteiger partial charge in [0.1, 0.15) is 5.03 Å². The van der Waals surface area contributed by atoms with Crippen molar-refractivity contribution < 1.29 is 9.53 Å². The molecule has 2 fully saturated rings. The number of nitrogens with zero attached hydrogens (tertiary/aromatic N) is 5. The molecule has 2 aliphatic rings. The van der Waals surface area contributed by atoms with E-state index in [0.29, 0.717) is 19.0 Å². The monoisotopic (exact) mass is 477 g/mol. The highest BCUT2D eigenvalue weighted by molar-refractivity contribution is 8.00. The molecule has 8 heteroatoms. The van der Waals surface area contributed by atoms with Gasteiger partial charge in [-0.25, -0.2) is 9.97 Å². The number of hydrogen-bond acceptors (Lipinski definition) is 7. The lowest BCUT2D eigenvalue weighted by molar-refractivity contribution is -0.128. The molecule has 0 aliphatic carbocycles. The Labute approximate surface area is 205 Å². The Bertz CT molecular complexity index is 1170. The van der Waals surface area contributed by atoms with Crippen molar-refractivity contribution >= 4 is 40.2 Å². The zero-order valence-electron chi connectivity index (χ0n) is 19.9. The van der Waals surface area contributed by atoms with Crippen LogP contribution in [0, 0.1) is 13.8 Å². The third-order valence-electron chi connectivity index (χ3n) is 6.71. The summed E-state index contributed by atoms with van der Waals surface area (Å²) in [5, 5.41) is 0.822. The molecule has 2 aromatic carbocycles. The van der Waals surface area contributed by atoms with Crippen molar-refractivity contribution in [2.45, 2.75) is 18.9 Å². The highest BCUT2D eigenvalue weighted by Crippen LogP contribution is 2.30. The van der Waals surface area contributed by atoms with Crippen LogP contribution in [0.15, 0.2) is 47.5 Å². The zero-order chi connectivity index (χ0) is 23.5. The summed E-state index contributed by atoms with van der Waals surface area (Å²) >= 11 is 1.50. The van der Waals surface area contributed by atoms with Crippen LogP contribution in [0.5, 0.6) is 0 Å². The normalized spacial score (nSPS) is 16.8. The molecule has 0 atom stereocenters. The second kappa shape index (κ2) is 10.2. The van der Waals surface area contributed by atoms with Gasteiger partial charge in [0, 0.05) is 45.0 Å². The molecule has 3 aromatic rings. The maximum absolute atomic E-state index is 13.1. The van der Waals surface area contributed by atoms with Crippen LogP contribution in [-0.4, -0.2) is 79.0 Å². The number of para-hydroxylation sites is 2. The fraction of sp³-hybridized carbons (Fsp3) is 0.423. The molecule has 5 rings (SSSR count). The smallest absolute Gasteiger partial charge is 0.233 e. The van der Waals surface area contributed by atoms with Gasteiger partial charge in [-0.2, -0.15) is 0 Å². The van der Waals surface area contributed by atoms with Gasteiger partial charge in [0.05, 0.1) is 30.0 Å². The van der Waals surface area contributed by atoms with Crippen molar-refractivity contribution in [2.75, 3.05) is 68.0 Å². The lowest BCUT2D eigenvalue weighted by Crippen LogP contribution is -2.49. The average Bonchev–Trinajstić information content (AvgIpc) is 2.89. The minimum absolute atomic E-state index is 0.161. The van der Waals surface area contributed by atoms with Gasteiger partial charge in [-0.05, 0) is 43.2 Å². The molecule has 7 nitrogen and oxygen atoms in total. The summed E-state index contributed by atoms with van der Waals surface area (Å²) in [5.74, 6) is 1.39. The lowest BCUT2D eigenvalue weighted by Gasteiger charge is -2.37. The lowest BCUT2D eigenvalue weighted by atomic mass is 10.1. The molecule has 178 valence electrons. The van der Waals surface area contributed by atoms with Gasteiger partial charge in [0.25, 0.3) is 0 Å². The van der Waals surface area contributed by atoms with Crippen LogP contribution in [0.3, 0.4) is 0 Å². The molecule has 34 heavy (non-hydrogen) atoms. The Morgan fingerprint density at radius 1 is 0.882 bits per heavy atom. The van der Waals surface area contributed by atoms with Gasteiger partial charge in [-0.1, -0.05) is 36.0 Å². The van der Waals surface area contributed by atoms with E-state index in [1.807, 2.05) is 29.2 Å². The van der Waals surface area contributed by atoms with Crippen LogP contribution in [0.1, 0.15) is 11.1 Å². The molecule has 1 aromatic heterocycles. The van der Waals surface area contributed by atoms with E-state index in [0.717, 1.165) is 61.1 Å². The van der Waals surface area contributed by atoms with E-state index in [4.69, 9.17) is 14.7 Å². The summed E-state index contributed by atoms with van der Waals surface area (Å²) in [6.45, 7) is 10.5. The number of piperazine rings is 1. The van der Waals surface area contributed by atoms with E-state index in [-0.39, 0.29) is 5.91 Å². The van der Waals surface area contributed by atoms with Gasteiger partial charge < -0.3 is 19.4 Å². The third-order valence-corrected chi connectivity index (χ3v) is 7.65. The fourth-order valence-corrected chi connectivity index (χ4v) is 5.46. The van der Waals surface area contributed by atoms with Crippen molar-refractivity contribution in [3.63, 3.8) is 0 Å². The number of fused-ring (bicyclic) bond motifs is 1. The average molecular weight is 478 g/mol. The third kappa shape index (κ3) is 4.83. The van der Waals surface area contributed by atoms with Crippen LogP contribution >= 0.6 is 11.8 Å². The van der Waals surface area contributed by atoms with Gasteiger partial charge in [0.2, 0.25) is 5.91 Å². The Hall–Kier alpha value is -2.84. The summed E-state index contributed by atoms with van der Waals surface area (Å²) in [6, 6.07) is 14.4. The first-order valence-electron chi connectivity index (χ1n) is 11.9. The molecule has 0 radical (unpaired) electrons. The van der Waals surface area contributed by atoms with Crippen LogP contribution in [0.2, 0.25) is 0 Å². The first-order chi connectivity index (χ1) is 16.6. The van der Waals surface area contributed by atoms with Crippen LogP contribution in [0.25, 0.3) is 11.0 Å². The minimum Gasteiger partial charge on any atom is -0.378 e. The fourth-order valence-electron chi connectivity index (χ4n) is 4.55. The number of carbonyl (C=O) groups is 1. The summed E-state index contributed by atoms with van der Waals surface area (Å²) in [5.41, 5.74) is 5.64. The Morgan fingerprint density at radius 2 is 1.59 bits per heavy atom. The predicted octanol–water partition coefficient (Wildman–Crippen LogP) is 3.52. The molecule has 1 amide bonds. The second-order valence-electron chi connectivity index (χ2n) is 8.82. The van der Waals surface area contributed by atoms with Crippen molar-refractivity contribution in [2.24, 2.45) is 0 Å². The first-order valence-corrected chi connectivity index (χ1v) is 12.9. The SMILES string of the molecule is Cc1cccc(N2CCN(C(=O)CSc3nc4ccccc4nc3N3CCOCC3)CC2)c1C. The maximum Gasteiger partial charge on any atom is 0.233 e. The van der Waals surface area contributed by atoms with Crippen molar-refractivity contribution in [1.29, 1.82) is 0 Å². The number of amides is 1. The van der Waals surface area contributed by atoms with Crippen molar-refractivity contribution in [3.8, 4) is 0 Å². The number of morpholine rings is 1. The van der Waals surface area contributed by atoms with Crippen molar-refractivity contribution in [1.82, 2.24) is 14.9 Å². The summed E-state index contributed by atoms with van der Waals surface area (Å²) in [6.07, 6.45) is 0. The Morgan fingerprint density at radius 3 is 2.32 bits per heavy atom. The molecule has 3 heterocycles. The van der Waals surface area contributed by atoms with E-state index in [9.17, 15) is 4.79 Å². The van der Waals surface area contributed by atoms with Crippen LogP contribution < -0.4 is 9.80 Å². The number of aromatic nitrogens is 2. The van der Waals surface area contributed by atoms with E-state index < -0.39 is 0 Å². The number of aryl methyl sites for hydroxylation is 1. The number of rotatable bonds is 5. The standard InChI is InChI=1S/C26H31N5O2S/c1-19-6-5-9-23(20(19)2)29-10-12-30(13-11-29)24(32)18-34-26-25(31-14-16-33-17-15-31)27-21-7-3-4-8-22(21)28-26/h3-9H,10-18H2,1-2H3. The summed E-state index contributed by atoms with van der Waals surface area (Å²) in [4.78, 5) is 29.5. The number of benzene rings is 2. The zero-order valence-corrected chi connectivity index (χ0v) is 20.7. The van der Waals surface area contributed by atoms with E-state index in [1.54, 1.807) is 0 Å². The molecule has 0 unspecified atom stereocenters. The molecular formula is C26H31N5O2S. The van der Waals surface area contributed by atoms with Crippen molar-refractivity contribution in [3.05, 3.63) is 53.6 Å². The molecule has 2 saturated heterocycles. The summed E-state index contributed by atoms with van der Waals surface area (Å²) in [7, 11) is 0. The highest BCUT2D eigenvalue weighted by atomic mass is 32.2. The molecule has 0 spiro atoms. The van der Waals surface area contributed by atoms with Crippen LogP contribution in [-0.2, 0) is 9.53 Å². The Balaban J connectivity index is 1.25. The number of hydrogen-bond donors (Lipinski definition) is 0. The number of ether oxygens (including phenoxy) is 1. The predicted molar refractivity (Wildman–Crippen MR) is 138 cm³/mol. The molecule has 0 saturated carbocycles. The number of anilines is 2. The number of thioether (sulfide) groups is 1. The largest absolute Gasteiger partial charge is 0.378 e. The van der Waals surface area contributed by atoms with Gasteiger partial charge in [0.15, 0.2) is 5.82 Å². The maximum atomic E-state index is 13.1. The topological polar surface area (TPSA) is 61.8 Å². The first kappa shape index (κ1) is 22.9. The molecule has 0 bridgehead atoms. The number of carbonyl (C=O) groups excluding carboxylic acids is 1. The minimum atomic E-state index is 0.161. The van der Waals surface area contributed by atoms with Gasteiger partial charge in [-0.15, -0.1) is 0 Å². The van der Waals surface area contributed by atoms with Gasteiger partial charge in [-0.3, -0.25) is 4.79 Å². The van der Waals surface area contributed by atoms with Crippen LogP contribution in [0.4, 0.5) is 11.5 Å². The summed E-state index contributed by atoms with van der Waals surface area (Å²) < 4.78 is 5.52. The van der Waals surface area contributed by atoms with E-state index >= 15 is 0 Å². The molecular weight excluding hydrogens is 446 g/mol. The second-order valence-corrected chi connectivity index (χ2v) is 9.78. The quantitative estimate of drug-likeness (QED) is 0.521. The molecule has 0 N–H and O–H groups in total. The molecule has 2 aliphatic heterocycles. The Kier molecular flexibility index (Phi) is 6.87. The highest BCUT2D eigenvalue weighted by Gasteiger charge is 2.24.